The molecule has 0 saturated heterocycles. The van der Waals surface area contributed by atoms with Crippen molar-refractivity contribution >= 4 is 46.4 Å². The van der Waals surface area contributed by atoms with Crippen LogP contribution in [-0.2, 0) is 16.6 Å². The number of para-hydroxylation sites is 2. The second kappa shape index (κ2) is 8.03. The van der Waals surface area contributed by atoms with E-state index >= 15 is 0 Å². The molecule has 1 aromatic carbocycles. The summed E-state index contributed by atoms with van der Waals surface area (Å²) in [5.41, 5.74) is 6.09. The van der Waals surface area contributed by atoms with Crippen LogP contribution in [0.15, 0.2) is 45.4 Å². The number of oxazole rings is 1. The summed E-state index contributed by atoms with van der Waals surface area (Å²) in [7, 11) is 1.78. The topological polar surface area (TPSA) is 115 Å². The number of hydrogen-bond acceptors (Lipinski definition) is 8. The van der Waals surface area contributed by atoms with Crippen LogP contribution >= 0.6 is 23.5 Å². The number of thioether (sulfide) groups is 2. The summed E-state index contributed by atoms with van der Waals surface area (Å²) >= 11 is 2.37. The van der Waals surface area contributed by atoms with Gasteiger partial charge in [-0.1, -0.05) is 35.7 Å². The molecule has 0 aliphatic carbocycles. The van der Waals surface area contributed by atoms with E-state index in [1.807, 2.05) is 24.3 Å². The number of hydrogen-bond donors (Lipinski definition) is 2. The average molecular weight is 378 g/mol. The van der Waals surface area contributed by atoms with E-state index in [1.165, 1.54) is 11.8 Å². The molecule has 0 saturated carbocycles. The van der Waals surface area contributed by atoms with Crippen molar-refractivity contribution in [2.45, 2.75) is 10.4 Å². The molecule has 0 atom stereocenters. The Morgan fingerprint density at radius 1 is 1.16 bits per heavy atom. The van der Waals surface area contributed by atoms with Gasteiger partial charge in [0.1, 0.15) is 11.8 Å². The quantitative estimate of drug-likeness (QED) is 0.482. The Balaban J connectivity index is 1.38. The predicted octanol–water partition coefficient (Wildman–Crippen LogP) is 0.988. The Kier molecular flexibility index (Phi) is 5.56. The zero-order valence-corrected chi connectivity index (χ0v) is 14.8. The van der Waals surface area contributed by atoms with Crippen LogP contribution in [0.4, 0.5) is 0 Å². The third kappa shape index (κ3) is 4.73. The van der Waals surface area contributed by atoms with E-state index in [-0.39, 0.29) is 23.3 Å². The minimum atomic E-state index is -0.357. The van der Waals surface area contributed by atoms with Crippen LogP contribution in [-0.4, -0.2) is 43.1 Å². The lowest BCUT2D eigenvalue weighted by atomic mass is 10.3. The van der Waals surface area contributed by atoms with Crippen LogP contribution in [0.25, 0.3) is 11.1 Å². The molecule has 2 heterocycles. The maximum atomic E-state index is 11.8. The molecule has 2 aromatic heterocycles. The van der Waals surface area contributed by atoms with E-state index in [0.29, 0.717) is 16.0 Å². The fourth-order valence-corrected chi connectivity index (χ4v) is 3.11. The molecule has 25 heavy (non-hydrogen) atoms. The highest BCUT2D eigenvalue weighted by Crippen LogP contribution is 2.22. The minimum absolute atomic E-state index is 0.0729. The molecular formula is C14H14N6O3S2. The first-order valence-electron chi connectivity index (χ1n) is 7.14. The van der Waals surface area contributed by atoms with Gasteiger partial charge in [-0.2, -0.15) is 0 Å². The molecule has 2 N–H and O–H groups in total. The van der Waals surface area contributed by atoms with E-state index in [9.17, 15) is 9.59 Å². The number of amides is 2. The largest absolute Gasteiger partial charge is 0.431 e. The number of carbonyl (C=O) groups is 2. The van der Waals surface area contributed by atoms with Crippen molar-refractivity contribution in [2.75, 3.05) is 11.5 Å². The lowest BCUT2D eigenvalue weighted by molar-refractivity contribution is -0.126. The fourth-order valence-electron chi connectivity index (χ4n) is 1.79. The van der Waals surface area contributed by atoms with Gasteiger partial charge in [-0.25, -0.2) is 4.98 Å². The summed E-state index contributed by atoms with van der Waals surface area (Å²) in [6, 6.07) is 7.35. The van der Waals surface area contributed by atoms with Crippen molar-refractivity contribution in [3.05, 3.63) is 30.6 Å². The molecule has 0 unspecified atom stereocenters. The molecule has 3 rings (SSSR count). The zero-order valence-electron chi connectivity index (χ0n) is 13.1. The highest BCUT2D eigenvalue weighted by Gasteiger charge is 2.11. The van der Waals surface area contributed by atoms with E-state index in [0.717, 1.165) is 17.3 Å². The van der Waals surface area contributed by atoms with Gasteiger partial charge in [0.15, 0.2) is 10.7 Å². The Bertz CT molecular complexity index is 860. The third-order valence-electron chi connectivity index (χ3n) is 2.94. The van der Waals surface area contributed by atoms with Crippen LogP contribution in [0.1, 0.15) is 0 Å². The second-order valence-electron chi connectivity index (χ2n) is 4.85. The molecule has 0 bridgehead atoms. The smallest absolute Gasteiger partial charge is 0.257 e. The maximum Gasteiger partial charge on any atom is 0.257 e. The van der Waals surface area contributed by atoms with Crippen molar-refractivity contribution in [1.29, 1.82) is 0 Å². The van der Waals surface area contributed by atoms with Gasteiger partial charge in [-0.15, -0.1) is 10.2 Å². The van der Waals surface area contributed by atoms with E-state index in [1.54, 1.807) is 17.9 Å². The van der Waals surface area contributed by atoms with Crippen molar-refractivity contribution in [2.24, 2.45) is 7.05 Å². The summed E-state index contributed by atoms with van der Waals surface area (Å²) in [4.78, 5) is 27.7. The van der Waals surface area contributed by atoms with E-state index in [2.05, 4.69) is 26.0 Å². The van der Waals surface area contributed by atoms with E-state index in [4.69, 9.17) is 4.42 Å². The summed E-state index contributed by atoms with van der Waals surface area (Å²) in [5.74, 6) is -0.508. The number of aromatic nitrogens is 4. The first kappa shape index (κ1) is 17.3. The third-order valence-corrected chi connectivity index (χ3v) is 4.81. The molecule has 130 valence electrons. The van der Waals surface area contributed by atoms with Gasteiger partial charge in [0.2, 0.25) is 11.8 Å². The highest BCUT2D eigenvalue weighted by atomic mass is 32.2. The van der Waals surface area contributed by atoms with Crippen molar-refractivity contribution in [3.8, 4) is 0 Å². The van der Waals surface area contributed by atoms with Gasteiger partial charge in [-0.05, 0) is 12.1 Å². The van der Waals surface area contributed by atoms with Gasteiger partial charge in [0.25, 0.3) is 5.22 Å². The molecule has 0 fully saturated rings. The van der Waals surface area contributed by atoms with Gasteiger partial charge in [0.05, 0.1) is 11.5 Å². The van der Waals surface area contributed by atoms with Gasteiger partial charge in [-0.3, -0.25) is 20.4 Å². The number of benzene rings is 1. The Labute approximate surface area is 150 Å². The molecular weight excluding hydrogens is 364 g/mol. The predicted molar refractivity (Wildman–Crippen MR) is 92.7 cm³/mol. The molecule has 3 aromatic rings. The number of carbonyl (C=O) groups excluding carboxylic acids is 2. The van der Waals surface area contributed by atoms with Crippen LogP contribution in [0.2, 0.25) is 0 Å². The summed E-state index contributed by atoms with van der Waals surface area (Å²) in [6.45, 7) is 0. The van der Waals surface area contributed by atoms with Crippen LogP contribution in [0, 0.1) is 0 Å². The number of fused-ring (bicyclic) bond motifs is 1. The molecule has 11 heteroatoms. The number of rotatable bonds is 6. The zero-order chi connectivity index (χ0) is 17.6. The summed E-state index contributed by atoms with van der Waals surface area (Å²) < 4.78 is 7.20. The van der Waals surface area contributed by atoms with Gasteiger partial charge < -0.3 is 8.98 Å². The standard InChI is InChI=1S/C14H14N6O3S2/c1-20-8-15-19-13(20)24-6-11(21)17-18-12(22)7-25-14-16-9-4-2-3-5-10(9)23-14/h2-5,8H,6-7H2,1H3,(H,17,21)(H,18,22). The van der Waals surface area contributed by atoms with Crippen LogP contribution in [0.3, 0.4) is 0 Å². The molecule has 9 nitrogen and oxygen atoms in total. The lowest BCUT2D eigenvalue weighted by Crippen LogP contribution is -2.43. The van der Waals surface area contributed by atoms with Crippen LogP contribution in [0.5, 0.6) is 0 Å². The normalized spacial score (nSPS) is 10.8. The fraction of sp³-hybridized carbons (Fsp3) is 0.214. The first-order valence-corrected chi connectivity index (χ1v) is 9.12. The first-order chi connectivity index (χ1) is 12.1. The molecule has 2 amide bonds. The van der Waals surface area contributed by atoms with Crippen LogP contribution < -0.4 is 10.9 Å². The number of nitrogens with one attached hydrogen (secondary N) is 2. The Hall–Kier alpha value is -2.53. The monoisotopic (exact) mass is 378 g/mol. The highest BCUT2D eigenvalue weighted by molar-refractivity contribution is 8.00. The summed E-state index contributed by atoms with van der Waals surface area (Å²) in [5, 5.41) is 8.59. The number of hydrazine groups is 1. The molecule has 0 aliphatic heterocycles. The maximum absolute atomic E-state index is 11.8. The number of nitrogens with zero attached hydrogens (tertiary/aromatic N) is 4. The molecule has 0 aliphatic rings. The SMILES string of the molecule is Cn1cnnc1SCC(=O)NNC(=O)CSc1nc2ccccc2o1. The molecule has 0 spiro atoms. The van der Waals surface area contributed by atoms with Gasteiger partial charge in [0, 0.05) is 7.05 Å². The second-order valence-corrected chi connectivity index (χ2v) is 6.71. The van der Waals surface area contributed by atoms with Crippen molar-refractivity contribution in [1.82, 2.24) is 30.6 Å². The van der Waals surface area contributed by atoms with Crippen molar-refractivity contribution < 1.29 is 14.0 Å². The Morgan fingerprint density at radius 3 is 2.56 bits per heavy atom. The number of aryl methyl sites for hydroxylation is 1. The van der Waals surface area contributed by atoms with Gasteiger partial charge >= 0.3 is 0 Å². The Morgan fingerprint density at radius 2 is 1.88 bits per heavy atom. The average Bonchev–Trinajstić information content (AvgIpc) is 3.21. The van der Waals surface area contributed by atoms with E-state index < -0.39 is 0 Å². The van der Waals surface area contributed by atoms with Crippen molar-refractivity contribution in [3.63, 3.8) is 0 Å². The lowest BCUT2D eigenvalue weighted by Gasteiger charge is -2.06. The summed E-state index contributed by atoms with van der Waals surface area (Å²) in [6.07, 6.45) is 1.55. The minimum Gasteiger partial charge on any atom is -0.431 e. The molecule has 0 radical (unpaired) electrons.